The van der Waals surface area contributed by atoms with Crippen LogP contribution in [0.4, 0.5) is 5.69 Å². The summed E-state index contributed by atoms with van der Waals surface area (Å²) in [6, 6.07) is 6.20. The van der Waals surface area contributed by atoms with Crippen molar-refractivity contribution in [3.8, 4) is 11.4 Å². The number of anilines is 1. The van der Waals surface area contributed by atoms with Gasteiger partial charge < -0.3 is 9.30 Å². The second-order valence-electron chi connectivity index (χ2n) is 4.99. The minimum absolute atomic E-state index is 0.897. The van der Waals surface area contributed by atoms with Crippen LogP contribution in [-0.4, -0.2) is 28.5 Å². The van der Waals surface area contributed by atoms with Crippen LogP contribution < -0.4 is 4.90 Å². The molecule has 3 rings (SSSR count). The molecule has 4 nitrogen and oxygen atoms in total. The average molecular weight is 378 g/mol. The van der Waals surface area contributed by atoms with Gasteiger partial charge in [-0.2, -0.15) is 0 Å². The monoisotopic (exact) mass is 378 g/mol. The van der Waals surface area contributed by atoms with E-state index in [-0.39, 0.29) is 0 Å². The summed E-state index contributed by atoms with van der Waals surface area (Å²) in [7, 11) is 4.01. The molecule has 0 aliphatic rings. The van der Waals surface area contributed by atoms with Crippen molar-refractivity contribution in [1.29, 1.82) is 0 Å². The number of imidazole rings is 1. The average Bonchev–Trinajstić information content (AvgIpc) is 2.83. The van der Waals surface area contributed by atoms with Crippen LogP contribution in [-0.2, 0) is 0 Å². The minimum atomic E-state index is 0.897. The van der Waals surface area contributed by atoms with Crippen molar-refractivity contribution in [3.63, 3.8) is 0 Å². The van der Waals surface area contributed by atoms with Crippen LogP contribution in [0.25, 0.3) is 17.0 Å². The molecule has 3 aromatic heterocycles. The van der Waals surface area contributed by atoms with Gasteiger partial charge in [-0.15, -0.1) is 0 Å². The predicted molar refractivity (Wildman–Crippen MR) is 90.2 cm³/mol. The molecule has 0 amide bonds. The summed E-state index contributed by atoms with van der Waals surface area (Å²) in [5, 5.41) is 0. The maximum absolute atomic E-state index is 4.68. The molecule has 0 aromatic carbocycles. The highest BCUT2D eigenvalue weighted by Crippen LogP contribution is 2.22. The first-order valence-electron chi connectivity index (χ1n) is 6.33. The van der Waals surface area contributed by atoms with Crippen LogP contribution in [0.3, 0.4) is 0 Å². The van der Waals surface area contributed by atoms with Crippen molar-refractivity contribution in [3.05, 3.63) is 45.9 Å². The van der Waals surface area contributed by atoms with E-state index in [0.29, 0.717) is 0 Å². The zero-order chi connectivity index (χ0) is 14.3. The molecule has 0 aliphatic heterocycles. The maximum Gasteiger partial charge on any atom is 0.140 e. The molecule has 0 saturated heterocycles. The highest BCUT2D eigenvalue weighted by atomic mass is 127. The van der Waals surface area contributed by atoms with E-state index in [4.69, 9.17) is 0 Å². The number of hydrogen-bond acceptors (Lipinski definition) is 3. The Kier molecular flexibility index (Phi) is 3.37. The third kappa shape index (κ3) is 2.37. The number of fused-ring (bicyclic) bond motifs is 1. The minimum Gasteiger partial charge on any atom is -0.376 e. The Balaban J connectivity index is 2.08. The highest BCUT2D eigenvalue weighted by Gasteiger charge is 2.08. The summed E-state index contributed by atoms with van der Waals surface area (Å²) < 4.78 is 3.26. The summed E-state index contributed by atoms with van der Waals surface area (Å²) in [6.07, 6.45) is 5.98. The molecule has 0 atom stereocenters. The van der Waals surface area contributed by atoms with Gasteiger partial charge in [0.15, 0.2) is 0 Å². The van der Waals surface area contributed by atoms with E-state index in [1.807, 2.05) is 37.5 Å². The summed E-state index contributed by atoms with van der Waals surface area (Å²) in [6.45, 7) is 2.08. The Morgan fingerprint density at radius 2 is 1.95 bits per heavy atom. The van der Waals surface area contributed by atoms with Gasteiger partial charge in [-0.3, -0.25) is 4.98 Å². The molecule has 0 unspecified atom stereocenters. The fraction of sp³-hybridized carbons (Fsp3) is 0.200. The largest absolute Gasteiger partial charge is 0.376 e. The number of hydrogen-bond donors (Lipinski definition) is 0. The SMILES string of the molecule is Cc1cc(I)cn2cc(-c3ccc(N(C)C)cn3)nc12. The van der Waals surface area contributed by atoms with Gasteiger partial charge in [0.25, 0.3) is 0 Å². The lowest BCUT2D eigenvalue weighted by Gasteiger charge is -2.11. The molecule has 5 heteroatoms. The van der Waals surface area contributed by atoms with Crippen molar-refractivity contribution in [1.82, 2.24) is 14.4 Å². The number of aryl methyl sites for hydroxylation is 1. The molecule has 102 valence electrons. The smallest absolute Gasteiger partial charge is 0.140 e. The van der Waals surface area contributed by atoms with Crippen LogP contribution in [0, 0.1) is 10.5 Å². The van der Waals surface area contributed by atoms with Gasteiger partial charge in [-0.1, -0.05) is 0 Å². The van der Waals surface area contributed by atoms with E-state index >= 15 is 0 Å². The number of nitrogens with zero attached hydrogens (tertiary/aromatic N) is 4. The Bertz CT molecular complexity index is 759. The lowest BCUT2D eigenvalue weighted by Crippen LogP contribution is -2.08. The van der Waals surface area contributed by atoms with Gasteiger partial charge >= 0.3 is 0 Å². The first-order valence-corrected chi connectivity index (χ1v) is 7.41. The third-order valence-corrected chi connectivity index (χ3v) is 3.82. The maximum atomic E-state index is 4.68. The molecule has 0 bridgehead atoms. The molecule has 0 aliphatic carbocycles. The summed E-state index contributed by atoms with van der Waals surface area (Å²) in [4.78, 5) is 11.2. The fourth-order valence-electron chi connectivity index (χ4n) is 2.15. The molecule has 0 radical (unpaired) electrons. The molecule has 3 aromatic rings. The van der Waals surface area contributed by atoms with Crippen molar-refractivity contribution in [2.75, 3.05) is 19.0 Å². The zero-order valence-electron chi connectivity index (χ0n) is 11.6. The van der Waals surface area contributed by atoms with E-state index < -0.39 is 0 Å². The quantitative estimate of drug-likeness (QED) is 0.642. The predicted octanol–water partition coefficient (Wildman–Crippen LogP) is 3.38. The van der Waals surface area contributed by atoms with Gasteiger partial charge in [0.05, 0.1) is 17.6 Å². The molecule has 0 spiro atoms. The molecule has 20 heavy (non-hydrogen) atoms. The van der Waals surface area contributed by atoms with E-state index in [1.165, 1.54) is 9.13 Å². The Hall–Kier alpha value is -1.63. The van der Waals surface area contributed by atoms with Crippen LogP contribution in [0.1, 0.15) is 5.56 Å². The van der Waals surface area contributed by atoms with E-state index in [9.17, 15) is 0 Å². The molecule has 3 heterocycles. The second kappa shape index (κ2) is 5.05. The number of pyridine rings is 2. The Labute approximate surface area is 131 Å². The fourth-order valence-corrected chi connectivity index (χ4v) is 2.92. The van der Waals surface area contributed by atoms with Gasteiger partial charge in [0.2, 0.25) is 0 Å². The topological polar surface area (TPSA) is 33.4 Å². The molecule has 0 N–H and O–H groups in total. The number of aromatic nitrogens is 3. The highest BCUT2D eigenvalue weighted by molar-refractivity contribution is 14.1. The van der Waals surface area contributed by atoms with Crippen molar-refractivity contribution < 1.29 is 0 Å². The number of halogens is 1. The van der Waals surface area contributed by atoms with Crippen LogP contribution in [0.5, 0.6) is 0 Å². The summed E-state index contributed by atoms with van der Waals surface area (Å²) in [5.41, 5.74) is 5.05. The summed E-state index contributed by atoms with van der Waals surface area (Å²) in [5.74, 6) is 0. The Morgan fingerprint density at radius 3 is 2.60 bits per heavy atom. The lowest BCUT2D eigenvalue weighted by molar-refractivity contribution is 1.11. The van der Waals surface area contributed by atoms with Crippen molar-refractivity contribution >= 4 is 33.9 Å². The van der Waals surface area contributed by atoms with Gasteiger partial charge in [0.1, 0.15) is 11.3 Å². The van der Waals surface area contributed by atoms with Crippen LogP contribution in [0.2, 0.25) is 0 Å². The molecular weight excluding hydrogens is 363 g/mol. The van der Waals surface area contributed by atoms with Crippen molar-refractivity contribution in [2.45, 2.75) is 6.92 Å². The van der Waals surface area contributed by atoms with E-state index in [0.717, 1.165) is 22.7 Å². The molecular formula is C15H15IN4. The molecule has 0 saturated carbocycles. The van der Waals surface area contributed by atoms with Crippen LogP contribution >= 0.6 is 22.6 Å². The van der Waals surface area contributed by atoms with Gasteiger partial charge in [-0.05, 0) is 53.3 Å². The second-order valence-corrected chi connectivity index (χ2v) is 6.24. The van der Waals surface area contributed by atoms with Gasteiger partial charge in [0, 0.05) is 30.1 Å². The first kappa shape index (κ1) is 13.4. The van der Waals surface area contributed by atoms with Crippen LogP contribution in [0.15, 0.2) is 36.8 Å². The normalized spacial score (nSPS) is 11.0. The zero-order valence-corrected chi connectivity index (χ0v) is 13.8. The first-order chi connectivity index (χ1) is 9.54. The molecule has 0 fully saturated rings. The summed E-state index contributed by atoms with van der Waals surface area (Å²) >= 11 is 2.32. The van der Waals surface area contributed by atoms with E-state index in [1.54, 1.807) is 0 Å². The lowest BCUT2D eigenvalue weighted by atomic mass is 10.3. The van der Waals surface area contributed by atoms with Crippen molar-refractivity contribution in [2.24, 2.45) is 0 Å². The third-order valence-electron chi connectivity index (χ3n) is 3.23. The number of rotatable bonds is 2. The standard InChI is InChI=1S/C15H15IN4/c1-10-6-11(16)8-20-9-14(18-15(10)20)13-5-4-12(7-17-13)19(2)3/h4-9H,1-3H3. The van der Waals surface area contributed by atoms with Gasteiger partial charge in [-0.25, -0.2) is 4.98 Å². The Morgan fingerprint density at radius 1 is 1.15 bits per heavy atom. The van der Waals surface area contributed by atoms with E-state index in [2.05, 4.69) is 62.2 Å².